The maximum atomic E-state index is 16.9. The fraction of sp³-hybridized carbons (Fsp3) is 0.429. The highest BCUT2D eigenvalue weighted by Gasteiger charge is 2.46. The van der Waals surface area contributed by atoms with E-state index >= 15 is 9.18 Å². The normalized spacial score (nSPS) is 17.2. The molecule has 0 aromatic heterocycles. The zero-order valence-electron chi connectivity index (χ0n) is 38.2. The number of anilines is 1. The number of hydrogen-bond acceptors (Lipinski definition) is 9. The maximum absolute atomic E-state index is 16.9. The monoisotopic (exact) mass is 916 g/mol. The van der Waals surface area contributed by atoms with Crippen LogP contribution in [0.15, 0.2) is 97.1 Å². The molecule has 4 atom stereocenters. The average molecular weight is 917 g/mol. The van der Waals surface area contributed by atoms with Gasteiger partial charge in [0.2, 0.25) is 5.91 Å². The minimum absolute atomic E-state index is 0.00841. The highest BCUT2D eigenvalue weighted by atomic mass is 28.4. The van der Waals surface area contributed by atoms with Crippen LogP contribution in [0, 0.1) is 23.4 Å². The summed E-state index contributed by atoms with van der Waals surface area (Å²) in [6.45, 7) is 16.4. The minimum atomic E-state index is -2.51. The molecule has 4 amide bonds. The Bertz CT molecular complexity index is 2300. The molecule has 2 saturated heterocycles. The molecule has 0 saturated carbocycles. The molecule has 65 heavy (non-hydrogen) atoms. The predicted octanol–water partition coefficient (Wildman–Crippen LogP) is 11.2. The third-order valence-corrected chi connectivity index (χ3v) is 16.6. The highest BCUT2D eigenvalue weighted by Crippen LogP contribution is 2.43. The lowest BCUT2D eigenvalue weighted by Gasteiger charge is -2.40. The first-order chi connectivity index (χ1) is 30.6. The number of ether oxygens (including phenoxy) is 3. The number of piperazine rings is 1. The molecule has 4 aromatic rings. The van der Waals surface area contributed by atoms with Crippen molar-refractivity contribution in [1.29, 1.82) is 0 Å². The number of imide groups is 1. The van der Waals surface area contributed by atoms with E-state index in [1.165, 1.54) is 58.3 Å². The largest absolute Gasteiger partial charge is 0.446 e. The number of benzene rings is 4. The molecule has 0 radical (unpaired) electrons. The van der Waals surface area contributed by atoms with E-state index in [-0.39, 0.29) is 62.0 Å². The Morgan fingerprint density at radius 2 is 1.37 bits per heavy atom. The van der Waals surface area contributed by atoms with Crippen molar-refractivity contribution in [3.8, 4) is 5.75 Å². The molecule has 0 unspecified atom stereocenters. The van der Waals surface area contributed by atoms with Gasteiger partial charge in [-0.15, -0.1) is 0 Å². The van der Waals surface area contributed by atoms with Gasteiger partial charge in [0.15, 0.2) is 8.32 Å². The van der Waals surface area contributed by atoms with Crippen molar-refractivity contribution >= 4 is 38.2 Å². The van der Waals surface area contributed by atoms with Crippen LogP contribution in [-0.4, -0.2) is 85.6 Å². The first-order valence-electron chi connectivity index (χ1n) is 21.8. The predicted molar refractivity (Wildman–Crippen MR) is 242 cm³/mol. The fourth-order valence-corrected chi connectivity index (χ4v) is 8.86. The molecule has 4 aromatic carbocycles. The van der Waals surface area contributed by atoms with Crippen molar-refractivity contribution in [3.05, 3.63) is 131 Å². The number of hydrogen-bond donors (Lipinski definition) is 1. The zero-order valence-corrected chi connectivity index (χ0v) is 39.2. The summed E-state index contributed by atoms with van der Waals surface area (Å²) in [6.07, 6.45) is -2.53. The molecule has 0 spiro atoms. The molecule has 2 heterocycles. The van der Waals surface area contributed by atoms with Crippen LogP contribution in [0.1, 0.15) is 89.3 Å². The lowest BCUT2D eigenvalue weighted by atomic mass is 9.85. The quantitative estimate of drug-likeness (QED) is 0.130. The number of halogens is 3. The lowest BCUT2D eigenvalue weighted by molar-refractivity contribution is -0.134. The zero-order chi connectivity index (χ0) is 47.3. The van der Waals surface area contributed by atoms with E-state index in [2.05, 4.69) is 39.2 Å². The Hall–Kier alpha value is -5.87. The summed E-state index contributed by atoms with van der Waals surface area (Å²) >= 11 is 0. The number of nitrogens with one attached hydrogen (secondary N) is 1. The number of amides is 4. The Labute approximate surface area is 380 Å². The molecule has 348 valence electrons. The molecule has 2 aliphatic rings. The van der Waals surface area contributed by atoms with Crippen molar-refractivity contribution in [1.82, 2.24) is 14.7 Å². The molecule has 16 heteroatoms. The smallest absolute Gasteiger partial charge is 0.417 e. The van der Waals surface area contributed by atoms with Crippen molar-refractivity contribution in [2.75, 3.05) is 38.1 Å². The van der Waals surface area contributed by atoms with Gasteiger partial charge in [-0.1, -0.05) is 69.3 Å². The third kappa shape index (κ3) is 12.3. The standard InChI is InChI=1S/C49H59F3N4O8Si/c1-48(2,3)63-46(59)55-28-26-54(27-29-55)45(58)62-37-22-23-38(40(52)30-37)43(53-36-20-18-35(51)19-21-36)39(44(57)56-41(31-61-47(56)60)32-12-10-9-11-13-32)24-25-42(33-14-16-34(50)17-15-33)64-65(7,8)49(4,5)6/h9-23,30,39,41-43,53H,24-29,31H2,1-8H3/t39-,41-,42+,43-/m1/s1. The van der Waals surface area contributed by atoms with Crippen molar-refractivity contribution in [2.24, 2.45) is 5.92 Å². The Balaban J connectivity index is 1.36. The van der Waals surface area contributed by atoms with Crippen LogP contribution >= 0.6 is 0 Å². The molecule has 1 N–H and O–H groups in total. The first-order valence-corrected chi connectivity index (χ1v) is 24.8. The van der Waals surface area contributed by atoms with Gasteiger partial charge in [-0.3, -0.25) is 4.79 Å². The van der Waals surface area contributed by atoms with E-state index in [0.717, 1.165) is 11.0 Å². The van der Waals surface area contributed by atoms with E-state index in [0.29, 0.717) is 16.8 Å². The van der Waals surface area contributed by atoms with Gasteiger partial charge in [-0.05, 0) is 105 Å². The second-order valence-corrected chi connectivity index (χ2v) is 23.7. The van der Waals surface area contributed by atoms with Crippen LogP contribution in [-0.2, 0) is 18.7 Å². The lowest BCUT2D eigenvalue weighted by Crippen LogP contribution is -2.52. The summed E-state index contributed by atoms with van der Waals surface area (Å²) in [5, 5.41) is 3.05. The second kappa shape index (κ2) is 20.1. The van der Waals surface area contributed by atoms with E-state index in [4.69, 9.17) is 18.6 Å². The number of nitrogens with zero attached hydrogens (tertiary/aromatic N) is 3. The minimum Gasteiger partial charge on any atom is -0.446 e. The van der Waals surface area contributed by atoms with E-state index in [9.17, 15) is 23.2 Å². The number of cyclic esters (lactones) is 1. The van der Waals surface area contributed by atoms with Gasteiger partial charge in [0.25, 0.3) is 0 Å². The van der Waals surface area contributed by atoms with E-state index in [1.54, 1.807) is 57.2 Å². The van der Waals surface area contributed by atoms with Gasteiger partial charge in [0.1, 0.15) is 41.5 Å². The Kier molecular flexibility index (Phi) is 15.0. The van der Waals surface area contributed by atoms with Crippen LogP contribution in [0.3, 0.4) is 0 Å². The van der Waals surface area contributed by atoms with Gasteiger partial charge in [-0.2, -0.15) is 0 Å². The molecular formula is C49H59F3N4O8Si. The van der Waals surface area contributed by atoms with Crippen LogP contribution in [0.4, 0.5) is 33.2 Å². The molecule has 2 aliphatic heterocycles. The summed E-state index contributed by atoms with van der Waals surface area (Å²) in [4.78, 5) is 58.8. The van der Waals surface area contributed by atoms with Crippen LogP contribution in [0.5, 0.6) is 5.75 Å². The van der Waals surface area contributed by atoms with Crippen molar-refractivity contribution in [3.63, 3.8) is 0 Å². The summed E-state index contributed by atoms with van der Waals surface area (Å²) in [7, 11) is -2.51. The van der Waals surface area contributed by atoms with Crippen LogP contribution in [0.25, 0.3) is 0 Å². The average Bonchev–Trinajstić information content (AvgIpc) is 3.64. The topological polar surface area (TPSA) is 127 Å². The van der Waals surface area contributed by atoms with Gasteiger partial charge in [0, 0.05) is 43.5 Å². The van der Waals surface area contributed by atoms with Gasteiger partial charge in [0.05, 0.1) is 18.1 Å². The van der Waals surface area contributed by atoms with Gasteiger partial charge >= 0.3 is 18.3 Å². The molecule has 6 rings (SSSR count). The molecule has 0 bridgehead atoms. The maximum Gasteiger partial charge on any atom is 0.417 e. The van der Waals surface area contributed by atoms with E-state index < -0.39 is 79.7 Å². The highest BCUT2D eigenvalue weighted by molar-refractivity contribution is 6.74. The number of carbonyl (C=O) groups excluding carboxylic acids is 4. The summed E-state index contributed by atoms with van der Waals surface area (Å²) in [6, 6.07) is 22.2. The first kappa shape index (κ1) is 48.6. The second-order valence-electron chi connectivity index (χ2n) is 18.9. The SMILES string of the molecule is CC(C)(C)OC(=O)N1CCN(C(=O)Oc2ccc([C@@H](Nc3ccc(F)cc3)[C@@H](CC[C@H](O[Si](C)(C)C(C)(C)C)c3ccc(F)cc3)C(=O)N3C(=O)OC[C@@H]3c3ccccc3)c(F)c2)CC1. The molecular weight excluding hydrogens is 858 g/mol. The summed E-state index contributed by atoms with van der Waals surface area (Å²) in [5.41, 5.74) is 0.997. The fourth-order valence-electron chi connectivity index (χ4n) is 7.54. The number of carbonyl (C=O) groups is 4. The van der Waals surface area contributed by atoms with Gasteiger partial charge < -0.3 is 33.8 Å². The van der Waals surface area contributed by atoms with Crippen LogP contribution < -0.4 is 10.1 Å². The van der Waals surface area contributed by atoms with Crippen molar-refractivity contribution < 1.29 is 51.0 Å². The van der Waals surface area contributed by atoms with Crippen molar-refractivity contribution in [2.45, 2.75) is 96.3 Å². The number of rotatable bonds is 13. The molecule has 12 nitrogen and oxygen atoms in total. The summed E-state index contributed by atoms with van der Waals surface area (Å²) < 4.78 is 69.0. The van der Waals surface area contributed by atoms with E-state index in [1.807, 2.05) is 6.07 Å². The summed E-state index contributed by atoms with van der Waals surface area (Å²) in [5.74, 6) is -3.75. The van der Waals surface area contributed by atoms with Gasteiger partial charge in [-0.25, -0.2) is 32.5 Å². The molecule has 2 fully saturated rings. The third-order valence-electron chi connectivity index (χ3n) is 12.1. The Morgan fingerprint density at radius 3 is 1.94 bits per heavy atom. The Morgan fingerprint density at radius 1 is 0.785 bits per heavy atom. The van der Waals surface area contributed by atoms with Crippen LogP contribution in [0.2, 0.25) is 18.1 Å². The molecule has 0 aliphatic carbocycles.